The van der Waals surface area contributed by atoms with Gasteiger partial charge in [0.1, 0.15) is 0 Å². The highest BCUT2D eigenvalue weighted by Crippen LogP contribution is 1.99. The van der Waals surface area contributed by atoms with E-state index in [1.807, 2.05) is 22.6 Å². The smallest absolute Gasteiger partial charge is 0.0534 e. The summed E-state index contributed by atoms with van der Waals surface area (Å²) in [5, 5.41) is 7.67. The van der Waals surface area contributed by atoms with Gasteiger partial charge < -0.3 is 5.32 Å². The molecule has 4 heteroatoms. The normalized spacial score (nSPS) is 10.8. The highest BCUT2D eigenvalue weighted by atomic mass is 32.2. The van der Waals surface area contributed by atoms with E-state index in [0.717, 1.165) is 19.6 Å². The Bertz CT molecular complexity index is 260. The van der Waals surface area contributed by atoms with Gasteiger partial charge in [0.25, 0.3) is 0 Å². The van der Waals surface area contributed by atoms with Gasteiger partial charge >= 0.3 is 0 Å². The molecule has 0 fully saturated rings. The lowest BCUT2D eigenvalue weighted by atomic mass is 10.3. The van der Waals surface area contributed by atoms with Crippen LogP contribution in [0.5, 0.6) is 0 Å². The summed E-state index contributed by atoms with van der Waals surface area (Å²) in [4.78, 5) is 0. The number of nitrogens with zero attached hydrogens (tertiary/aromatic N) is 2. The summed E-state index contributed by atoms with van der Waals surface area (Å²) in [6, 6.07) is 0. The maximum absolute atomic E-state index is 4.24. The van der Waals surface area contributed by atoms with Crippen molar-refractivity contribution in [3.8, 4) is 0 Å². The van der Waals surface area contributed by atoms with Crippen LogP contribution in [0.3, 0.4) is 0 Å². The maximum Gasteiger partial charge on any atom is 0.0534 e. The largest absolute Gasteiger partial charge is 0.313 e. The molecule has 1 rings (SSSR count). The first-order chi connectivity index (χ1) is 7.36. The second-order valence-corrected chi connectivity index (χ2v) is 4.57. The minimum absolute atomic E-state index is 0.944. The second-order valence-electron chi connectivity index (χ2n) is 3.58. The third-order valence-electron chi connectivity index (χ3n) is 2.29. The fourth-order valence-corrected chi connectivity index (χ4v) is 1.89. The Morgan fingerprint density at radius 3 is 3.00 bits per heavy atom. The maximum atomic E-state index is 4.24. The molecule has 15 heavy (non-hydrogen) atoms. The van der Waals surface area contributed by atoms with Crippen molar-refractivity contribution in [3.05, 3.63) is 18.0 Å². The summed E-state index contributed by atoms with van der Waals surface area (Å²) < 4.78 is 1.96. The molecule has 0 amide bonds. The summed E-state index contributed by atoms with van der Waals surface area (Å²) in [6.07, 6.45) is 8.78. The fourth-order valence-electron chi connectivity index (χ4n) is 1.40. The van der Waals surface area contributed by atoms with Gasteiger partial charge in [-0.2, -0.15) is 16.9 Å². The van der Waals surface area contributed by atoms with Crippen LogP contribution in [0.15, 0.2) is 12.4 Å². The van der Waals surface area contributed by atoms with Gasteiger partial charge in [-0.3, -0.25) is 4.68 Å². The first-order valence-electron chi connectivity index (χ1n) is 5.57. The van der Waals surface area contributed by atoms with Gasteiger partial charge in [0.15, 0.2) is 0 Å². The molecular weight excluding hydrogens is 206 g/mol. The lowest BCUT2D eigenvalue weighted by molar-refractivity contribution is 0.639. The Morgan fingerprint density at radius 2 is 2.33 bits per heavy atom. The van der Waals surface area contributed by atoms with Crippen LogP contribution in [0.2, 0.25) is 0 Å². The molecule has 1 aromatic rings. The van der Waals surface area contributed by atoms with Crippen molar-refractivity contribution in [1.82, 2.24) is 15.1 Å². The Morgan fingerprint density at radius 1 is 1.47 bits per heavy atom. The van der Waals surface area contributed by atoms with Gasteiger partial charge in [-0.05, 0) is 38.3 Å². The van der Waals surface area contributed by atoms with E-state index in [-0.39, 0.29) is 0 Å². The Kier molecular flexibility index (Phi) is 6.52. The lowest BCUT2D eigenvalue weighted by Gasteiger charge is -2.01. The molecule has 0 atom stereocenters. The van der Waals surface area contributed by atoms with Crippen LogP contribution < -0.4 is 5.32 Å². The van der Waals surface area contributed by atoms with Crippen molar-refractivity contribution in [2.75, 3.05) is 18.6 Å². The van der Waals surface area contributed by atoms with Gasteiger partial charge in [-0.25, -0.2) is 0 Å². The van der Waals surface area contributed by atoms with E-state index in [2.05, 4.69) is 29.8 Å². The minimum atomic E-state index is 0.944. The van der Waals surface area contributed by atoms with Crippen LogP contribution >= 0.6 is 11.8 Å². The Labute approximate surface area is 96.6 Å². The molecule has 0 saturated heterocycles. The molecule has 0 radical (unpaired) electrons. The van der Waals surface area contributed by atoms with E-state index in [9.17, 15) is 0 Å². The number of thioether (sulfide) groups is 1. The predicted molar refractivity (Wildman–Crippen MR) is 67.2 cm³/mol. The average molecular weight is 227 g/mol. The standard InChI is InChI=1S/C11H21N3S/c1-3-14-10-11(9-13-14)8-12-6-4-5-7-15-2/h9-10,12H,3-8H2,1-2H3. The van der Waals surface area contributed by atoms with Crippen molar-refractivity contribution in [1.29, 1.82) is 0 Å². The SMILES string of the molecule is CCn1cc(CNCCCCSC)cn1. The van der Waals surface area contributed by atoms with E-state index < -0.39 is 0 Å². The number of aryl methyl sites for hydroxylation is 1. The third kappa shape index (κ3) is 5.23. The molecule has 3 nitrogen and oxygen atoms in total. The van der Waals surface area contributed by atoms with Crippen molar-refractivity contribution >= 4 is 11.8 Å². The molecule has 0 bridgehead atoms. The molecule has 1 heterocycles. The van der Waals surface area contributed by atoms with Gasteiger partial charge in [0.2, 0.25) is 0 Å². The summed E-state index contributed by atoms with van der Waals surface area (Å²) in [7, 11) is 0. The molecule has 0 aliphatic heterocycles. The molecule has 0 spiro atoms. The van der Waals surface area contributed by atoms with E-state index in [1.54, 1.807) is 0 Å². The minimum Gasteiger partial charge on any atom is -0.313 e. The third-order valence-corrected chi connectivity index (χ3v) is 2.99. The van der Waals surface area contributed by atoms with Gasteiger partial charge in [0.05, 0.1) is 6.20 Å². The summed E-state index contributed by atoms with van der Waals surface area (Å²) in [5.74, 6) is 1.27. The number of nitrogens with one attached hydrogen (secondary N) is 1. The van der Waals surface area contributed by atoms with Crippen molar-refractivity contribution in [3.63, 3.8) is 0 Å². The van der Waals surface area contributed by atoms with Gasteiger partial charge in [-0.15, -0.1) is 0 Å². The number of hydrogen-bond acceptors (Lipinski definition) is 3. The fraction of sp³-hybridized carbons (Fsp3) is 0.727. The van der Waals surface area contributed by atoms with Gasteiger partial charge in [0, 0.05) is 24.8 Å². The zero-order valence-electron chi connectivity index (χ0n) is 9.70. The summed E-state index contributed by atoms with van der Waals surface area (Å²) in [5.41, 5.74) is 1.28. The molecule has 1 N–H and O–H groups in total. The van der Waals surface area contributed by atoms with E-state index in [4.69, 9.17) is 0 Å². The molecule has 86 valence electrons. The zero-order chi connectivity index (χ0) is 10.9. The molecular formula is C11H21N3S. The van der Waals surface area contributed by atoms with Crippen LogP contribution in [0.25, 0.3) is 0 Å². The van der Waals surface area contributed by atoms with Crippen LogP contribution in [-0.2, 0) is 13.1 Å². The van der Waals surface area contributed by atoms with E-state index in [0.29, 0.717) is 0 Å². The van der Waals surface area contributed by atoms with Crippen LogP contribution in [0.4, 0.5) is 0 Å². The quantitative estimate of drug-likeness (QED) is 0.690. The molecule has 0 aliphatic carbocycles. The average Bonchev–Trinajstić information content (AvgIpc) is 2.71. The monoisotopic (exact) mass is 227 g/mol. The molecule has 1 aromatic heterocycles. The van der Waals surface area contributed by atoms with Crippen LogP contribution in [-0.4, -0.2) is 28.3 Å². The van der Waals surface area contributed by atoms with Gasteiger partial charge in [-0.1, -0.05) is 0 Å². The summed E-state index contributed by atoms with van der Waals surface area (Å²) >= 11 is 1.92. The number of aromatic nitrogens is 2. The molecule has 0 aromatic carbocycles. The van der Waals surface area contributed by atoms with E-state index in [1.165, 1.54) is 24.2 Å². The summed E-state index contributed by atoms with van der Waals surface area (Å²) in [6.45, 7) is 5.11. The van der Waals surface area contributed by atoms with Crippen LogP contribution in [0.1, 0.15) is 25.3 Å². The molecule has 0 aliphatic rings. The predicted octanol–water partition coefficient (Wildman–Crippen LogP) is 2.14. The molecule has 0 unspecified atom stereocenters. The Balaban J connectivity index is 2.04. The first kappa shape index (κ1) is 12.6. The topological polar surface area (TPSA) is 29.9 Å². The van der Waals surface area contributed by atoms with Crippen LogP contribution in [0, 0.1) is 0 Å². The Hall–Kier alpha value is -0.480. The van der Waals surface area contributed by atoms with Crippen molar-refractivity contribution < 1.29 is 0 Å². The van der Waals surface area contributed by atoms with Crippen molar-refractivity contribution in [2.24, 2.45) is 0 Å². The zero-order valence-corrected chi connectivity index (χ0v) is 10.5. The second kappa shape index (κ2) is 7.77. The first-order valence-corrected chi connectivity index (χ1v) is 6.97. The lowest BCUT2D eigenvalue weighted by Crippen LogP contribution is -2.14. The highest BCUT2D eigenvalue weighted by Gasteiger charge is 1.96. The molecule has 0 saturated carbocycles. The number of hydrogen-bond donors (Lipinski definition) is 1. The number of rotatable bonds is 8. The van der Waals surface area contributed by atoms with E-state index >= 15 is 0 Å². The highest BCUT2D eigenvalue weighted by molar-refractivity contribution is 7.98. The number of unbranched alkanes of at least 4 members (excludes halogenated alkanes) is 1. The van der Waals surface area contributed by atoms with Crippen molar-refractivity contribution in [2.45, 2.75) is 32.9 Å².